The fourth-order valence-electron chi connectivity index (χ4n) is 4.49. The number of aromatic carboxylic acids is 1. The van der Waals surface area contributed by atoms with E-state index in [0.717, 1.165) is 76.0 Å². The van der Waals surface area contributed by atoms with Crippen LogP contribution >= 0.6 is 11.8 Å². The van der Waals surface area contributed by atoms with Crippen molar-refractivity contribution < 1.29 is 29.3 Å². The number of amides is 1. The maximum atomic E-state index is 13.1. The molecule has 0 bridgehead atoms. The topological polar surface area (TPSA) is 113 Å². The zero-order chi connectivity index (χ0) is 33.2. The monoisotopic (exact) mass is 639 g/mol. The summed E-state index contributed by atoms with van der Waals surface area (Å²) < 4.78 is 4.76. The van der Waals surface area contributed by atoms with Crippen LogP contribution in [0.4, 0.5) is 10.5 Å². The first-order chi connectivity index (χ1) is 21.8. The molecular formula is C37H53NO6S. The van der Waals surface area contributed by atoms with Crippen molar-refractivity contribution in [2.24, 2.45) is 0 Å². The molecule has 0 spiro atoms. The number of Topliss-reactive ketones (excluding diaryl/α,β-unsaturated/α-hetero) is 1. The number of aromatic hydroxyl groups is 1. The second-order valence-electron chi connectivity index (χ2n) is 10.6. The third kappa shape index (κ3) is 17.5. The first-order valence-corrected chi connectivity index (χ1v) is 17.2. The molecule has 8 heteroatoms. The second-order valence-corrected chi connectivity index (χ2v) is 12.1. The van der Waals surface area contributed by atoms with Crippen LogP contribution in [0.3, 0.4) is 0 Å². The van der Waals surface area contributed by atoms with Crippen molar-refractivity contribution in [2.75, 3.05) is 17.7 Å². The highest BCUT2D eigenvalue weighted by molar-refractivity contribution is 8.01. The zero-order valence-electron chi connectivity index (χ0n) is 27.3. The van der Waals surface area contributed by atoms with E-state index in [1.807, 2.05) is 0 Å². The lowest BCUT2D eigenvalue weighted by Gasteiger charge is -2.29. The number of phenols is 1. The molecule has 7 nitrogen and oxygen atoms in total. The molecule has 0 atom stereocenters. The summed E-state index contributed by atoms with van der Waals surface area (Å²) in [6.45, 7) is 6.32. The number of anilines is 1. The van der Waals surface area contributed by atoms with Gasteiger partial charge in [-0.2, -0.15) is 0 Å². The molecule has 1 amide bonds. The molecule has 0 aromatic heterocycles. The summed E-state index contributed by atoms with van der Waals surface area (Å²) in [5.74, 6) is -0.578. The highest BCUT2D eigenvalue weighted by atomic mass is 32.2. The van der Waals surface area contributed by atoms with Crippen LogP contribution in [-0.4, -0.2) is 45.2 Å². The molecular weight excluding hydrogens is 586 g/mol. The summed E-state index contributed by atoms with van der Waals surface area (Å²) >= 11 is 1.75. The molecule has 0 unspecified atom stereocenters. The fraction of sp³-hybridized carbons (Fsp3) is 0.486. The van der Waals surface area contributed by atoms with Crippen molar-refractivity contribution in [1.29, 1.82) is 0 Å². The van der Waals surface area contributed by atoms with Crippen molar-refractivity contribution in [3.63, 3.8) is 0 Å². The van der Waals surface area contributed by atoms with Crippen LogP contribution in [0.5, 0.6) is 5.75 Å². The lowest BCUT2D eigenvalue weighted by molar-refractivity contribution is -0.121. The van der Waals surface area contributed by atoms with E-state index in [4.69, 9.17) is 9.84 Å². The number of hydrogen-bond donors (Lipinski definition) is 3. The number of benzene rings is 1. The molecule has 45 heavy (non-hydrogen) atoms. The summed E-state index contributed by atoms with van der Waals surface area (Å²) in [4.78, 5) is 36.4. The Kier molecular flexibility index (Phi) is 21.7. The quantitative estimate of drug-likeness (QED) is 0.0586. The van der Waals surface area contributed by atoms with Crippen LogP contribution in [0.25, 0.3) is 0 Å². The van der Waals surface area contributed by atoms with E-state index in [-0.39, 0.29) is 23.6 Å². The van der Waals surface area contributed by atoms with E-state index in [0.29, 0.717) is 12.8 Å². The van der Waals surface area contributed by atoms with Gasteiger partial charge in [0.25, 0.3) is 0 Å². The predicted molar refractivity (Wildman–Crippen MR) is 188 cm³/mol. The highest BCUT2D eigenvalue weighted by Gasteiger charge is 2.34. The van der Waals surface area contributed by atoms with Gasteiger partial charge in [-0.3, -0.25) is 10.1 Å². The Bertz CT molecular complexity index is 1160. The predicted octanol–water partition coefficient (Wildman–Crippen LogP) is 10.2. The number of ketones is 1. The average Bonchev–Trinajstić information content (AvgIpc) is 3.03. The van der Waals surface area contributed by atoms with Gasteiger partial charge >= 0.3 is 12.1 Å². The van der Waals surface area contributed by atoms with Gasteiger partial charge in [0.2, 0.25) is 0 Å². The van der Waals surface area contributed by atoms with Crippen LogP contribution in [0, 0.1) is 0 Å². The summed E-state index contributed by atoms with van der Waals surface area (Å²) in [7, 11) is 0. The number of nitrogens with one attached hydrogen (secondary N) is 1. The molecule has 0 fully saturated rings. The number of carboxylic acid groups (broad SMARTS) is 1. The van der Waals surface area contributed by atoms with Crippen LogP contribution in [0.15, 0.2) is 79.0 Å². The molecule has 1 rings (SSSR count). The zero-order valence-corrected chi connectivity index (χ0v) is 28.2. The number of unbranched alkanes of at least 4 members (excludes halogenated alkanes) is 2. The van der Waals surface area contributed by atoms with Crippen LogP contribution < -0.4 is 5.32 Å². The molecule has 0 aliphatic rings. The maximum absolute atomic E-state index is 13.1. The first-order valence-electron chi connectivity index (χ1n) is 16.2. The molecule has 0 saturated carbocycles. The number of rotatable bonds is 24. The van der Waals surface area contributed by atoms with E-state index in [2.05, 4.69) is 86.8 Å². The Labute approximate surface area is 274 Å². The molecule has 0 radical (unpaired) electrons. The molecule has 0 aliphatic carbocycles. The smallest absolute Gasteiger partial charge is 0.411 e. The molecule has 0 saturated heterocycles. The van der Waals surface area contributed by atoms with Crippen molar-refractivity contribution >= 4 is 35.3 Å². The standard InChI is InChI=1S/C37H53NO6S/c1-4-7-8-9-10-11-12-13-14-15-16-17-18-19-20-21-22-23-29-45-37(5-2,6-3)34(40)25-24-28-44-36(43)38-31-26-27-33(39)32(30-31)35(41)42/h7-8,10-11,13-14,16-17,19-20,26-27,30,39H,4-6,9,12,15,18,21-25,28-29H2,1-3H3,(H,38,43)(H,41,42)/b8-7-,11-10-,14-13-,17-16-,20-19-. The Morgan fingerprint density at radius 3 is 1.96 bits per heavy atom. The second kappa shape index (κ2) is 24.8. The molecule has 0 heterocycles. The minimum atomic E-state index is -1.30. The SMILES string of the molecule is CC/C=C\C/C=C\C/C=C\C/C=C\C/C=C\CCCCSC(CC)(CC)C(=O)CCCOC(=O)Nc1ccc(O)c(C(=O)O)c1. The fourth-order valence-corrected chi connectivity index (χ4v) is 5.90. The van der Waals surface area contributed by atoms with Gasteiger partial charge in [0, 0.05) is 12.1 Å². The summed E-state index contributed by atoms with van der Waals surface area (Å²) in [5.41, 5.74) is -0.124. The summed E-state index contributed by atoms with van der Waals surface area (Å²) in [5, 5.41) is 21.1. The Hall–Kier alpha value is -3.52. The van der Waals surface area contributed by atoms with Crippen LogP contribution in [0.1, 0.15) is 108 Å². The number of allylic oxidation sites excluding steroid dienone is 10. The van der Waals surface area contributed by atoms with Gasteiger partial charge in [-0.1, -0.05) is 81.5 Å². The van der Waals surface area contributed by atoms with E-state index in [9.17, 15) is 19.5 Å². The largest absolute Gasteiger partial charge is 0.507 e. The molecule has 1 aromatic rings. The van der Waals surface area contributed by atoms with E-state index in [1.54, 1.807) is 11.8 Å². The van der Waals surface area contributed by atoms with Gasteiger partial charge < -0.3 is 14.9 Å². The lowest BCUT2D eigenvalue weighted by Crippen LogP contribution is -2.34. The third-order valence-corrected chi connectivity index (χ3v) is 9.06. The average molecular weight is 640 g/mol. The number of ether oxygens (including phenoxy) is 1. The Morgan fingerprint density at radius 2 is 1.40 bits per heavy atom. The Balaban J connectivity index is 2.24. The van der Waals surface area contributed by atoms with E-state index < -0.39 is 22.6 Å². The van der Waals surface area contributed by atoms with E-state index in [1.165, 1.54) is 12.1 Å². The van der Waals surface area contributed by atoms with Crippen molar-refractivity contribution in [3.05, 3.63) is 84.5 Å². The first kappa shape index (κ1) is 39.5. The lowest BCUT2D eigenvalue weighted by atomic mass is 9.94. The molecule has 248 valence electrons. The number of hydrogen-bond acceptors (Lipinski definition) is 6. The minimum Gasteiger partial charge on any atom is -0.507 e. The number of thioether (sulfide) groups is 1. The van der Waals surface area contributed by atoms with Gasteiger partial charge in [-0.15, -0.1) is 11.8 Å². The van der Waals surface area contributed by atoms with Gasteiger partial charge in [0.15, 0.2) is 0 Å². The van der Waals surface area contributed by atoms with Crippen molar-refractivity contribution in [2.45, 2.75) is 103 Å². The molecule has 1 aromatic carbocycles. The maximum Gasteiger partial charge on any atom is 0.411 e. The number of carbonyl (C=O) groups is 3. The van der Waals surface area contributed by atoms with Gasteiger partial charge in [0.1, 0.15) is 17.1 Å². The Morgan fingerprint density at radius 1 is 0.822 bits per heavy atom. The van der Waals surface area contributed by atoms with E-state index >= 15 is 0 Å². The van der Waals surface area contributed by atoms with Gasteiger partial charge in [-0.25, -0.2) is 9.59 Å². The van der Waals surface area contributed by atoms with Crippen molar-refractivity contribution in [1.82, 2.24) is 0 Å². The summed E-state index contributed by atoms with van der Waals surface area (Å²) in [6.07, 6.45) is 31.8. The van der Waals surface area contributed by atoms with Crippen molar-refractivity contribution in [3.8, 4) is 5.75 Å². The van der Waals surface area contributed by atoms with Gasteiger partial charge in [-0.05, 0) is 94.6 Å². The van der Waals surface area contributed by atoms with Gasteiger partial charge in [0.05, 0.1) is 11.4 Å². The summed E-state index contributed by atoms with van der Waals surface area (Å²) in [6, 6.07) is 3.72. The minimum absolute atomic E-state index is 0.0723. The van der Waals surface area contributed by atoms with Crippen LogP contribution in [0.2, 0.25) is 0 Å². The highest BCUT2D eigenvalue weighted by Crippen LogP contribution is 2.35. The number of carboxylic acids is 1. The normalized spacial score (nSPS) is 12.3. The molecule has 0 aliphatic heterocycles. The third-order valence-electron chi connectivity index (χ3n) is 7.21. The molecule has 3 N–H and O–H groups in total. The number of carbonyl (C=O) groups excluding carboxylic acids is 2. The van der Waals surface area contributed by atoms with Crippen LogP contribution in [-0.2, 0) is 9.53 Å².